The normalized spacial score (nSPS) is 16.9. The number of sulfonamides is 1. The maximum absolute atomic E-state index is 13.5. The van der Waals surface area contributed by atoms with Crippen LogP contribution in [-0.4, -0.2) is 68.8 Å². The number of nitrogens with zero attached hydrogens (tertiary/aromatic N) is 4. The van der Waals surface area contributed by atoms with Gasteiger partial charge in [0.05, 0.1) is 41.3 Å². The third kappa shape index (κ3) is 5.39. The van der Waals surface area contributed by atoms with Crippen molar-refractivity contribution in [2.75, 3.05) is 44.3 Å². The molecule has 11 heteroatoms. The number of hydrogen-bond donors (Lipinski definition) is 1. The van der Waals surface area contributed by atoms with Crippen LogP contribution >= 0.6 is 0 Å². The SMILES string of the molecule is Cc1cc(C(=O)NN=Cc2cc(C)n(-c3cc(S(=O)(=O)N4CCOCC4)ccc3N3CCCC3)c2C)c(C)o1. The van der Waals surface area contributed by atoms with Gasteiger partial charge in [-0.3, -0.25) is 4.79 Å². The molecule has 10 nitrogen and oxygen atoms in total. The van der Waals surface area contributed by atoms with Crippen molar-refractivity contribution in [1.82, 2.24) is 14.3 Å². The van der Waals surface area contributed by atoms with Crippen LogP contribution in [0.25, 0.3) is 5.69 Å². The zero-order valence-electron chi connectivity index (χ0n) is 22.9. The number of benzene rings is 1. The molecule has 0 unspecified atom stereocenters. The molecule has 2 aliphatic heterocycles. The summed E-state index contributed by atoms with van der Waals surface area (Å²) in [5.41, 5.74) is 7.48. The zero-order chi connectivity index (χ0) is 27.7. The van der Waals surface area contributed by atoms with Crippen molar-refractivity contribution in [1.29, 1.82) is 0 Å². The number of furan rings is 1. The maximum atomic E-state index is 13.5. The lowest BCUT2D eigenvalue weighted by Crippen LogP contribution is -2.40. The van der Waals surface area contributed by atoms with Gasteiger partial charge in [-0.1, -0.05) is 0 Å². The molecule has 2 saturated heterocycles. The Morgan fingerprint density at radius 1 is 0.974 bits per heavy atom. The molecule has 1 aromatic carbocycles. The Bertz CT molecular complexity index is 1510. The lowest BCUT2D eigenvalue weighted by molar-refractivity contribution is 0.0730. The van der Waals surface area contributed by atoms with E-state index in [0.717, 1.165) is 54.3 Å². The highest BCUT2D eigenvalue weighted by atomic mass is 32.2. The lowest BCUT2D eigenvalue weighted by Gasteiger charge is -2.28. The van der Waals surface area contributed by atoms with Gasteiger partial charge >= 0.3 is 0 Å². The molecule has 0 spiro atoms. The molecule has 0 aliphatic carbocycles. The first-order valence-corrected chi connectivity index (χ1v) is 14.7. The van der Waals surface area contributed by atoms with Gasteiger partial charge in [0.25, 0.3) is 5.91 Å². The Hall–Kier alpha value is -3.41. The van der Waals surface area contributed by atoms with Gasteiger partial charge in [0.2, 0.25) is 10.0 Å². The molecule has 0 radical (unpaired) electrons. The fraction of sp³-hybridized carbons (Fsp3) is 0.429. The molecule has 0 atom stereocenters. The zero-order valence-corrected chi connectivity index (χ0v) is 23.7. The second kappa shape index (κ2) is 11.0. The van der Waals surface area contributed by atoms with Crippen molar-refractivity contribution < 1.29 is 22.4 Å². The summed E-state index contributed by atoms with van der Waals surface area (Å²) in [7, 11) is -3.66. The van der Waals surface area contributed by atoms with E-state index in [4.69, 9.17) is 9.15 Å². The number of carbonyl (C=O) groups is 1. The first-order valence-electron chi connectivity index (χ1n) is 13.2. The van der Waals surface area contributed by atoms with E-state index >= 15 is 0 Å². The van der Waals surface area contributed by atoms with Gasteiger partial charge in [-0.15, -0.1) is 0 Å². The lowest BCUT2D eigenvalue weighted by atomic mass is 10.2. The molecule has 4 heterocycles. The average molecular weight is 554 g/mol. The largest absolute Gasteiger partial charge is 0.466 e. The standard InChI is InChI=1S/C28H35N5O5S/c1-19-15-23(18-29-30-28(34)25-16-20(2)38-22(25)4)21(3)33(19)27-17-24(7-8-26(27)31-9-5-6-10-31)39(35,36)32-11-13-37-14-12-32/h7-8,15-18H,5-6,9-14H2,1-4H3,(H,30,34). The summed E-state index contributed by atoms with van der Waals surface area (Å²) in [6.07, 6.45) is 3.82. The summed E-state index contributed by atoms with van der Waals surface area (Å²) in [4.78, 5) is 15.1. The predicted octanol–water partition coefficient (Wildman–Crippen LogP) is 3.69. The van der Waals surface area contributed by atoms with E-state index in [0.29, 0.717) is 43.4 Å². The molecule has 208 valence electrons. The minimum atomic E-state index is -3.66. The molecule has 0 saturated carbocycles. The molecular formula is C28H35N5O5S. The van der Waals surface area contributed by atoms with Crippen LogP contribution in [0.15, 0.2) is 44.7 Å². The number of morpholine rings is 1. The van der Waals surface area contributed by atoms with Crippen molar-refractivity contribution >= 4 is 27.8 Å². The van der Waals surface area contributed by atoms with Gasteiger partial charge in [0.15, 0.2) is 0 Å². The van der Waals surface area contributed by atoms with Crippen LogP contribution in [0.3, 0.4) is 0 Å². The summed E-state index contributed by atoms with van der Waals surface area (Å²) >= 11 is 0. The number of nitrogens with one attached hydrogen (secondary N) is 1. The van der Waals surface area contributed by atoms with Crippen LogP contribution < -0.4 is 10.3 Å². The van der Waals surface area contributed by atoms with Crippen LogP contribution in [0.1, 0.15) is 51.7 Å². The smallest absolute Gasteiger partial charge is 0.274 e. The quantitative estimate of drug-likeness (QED) is 0.353. The number of aromatic nitrogens is 1. The summed E-state index contributed by atoms with van der Waals surface area (Å²) < 4.78 is 41.4. The number of anilines is 1. The van der Waals surface area contributed by atoms with Crippen LogP contribution in [-0.2, 0) is 14.8 Å². The minimum Gasteiger partial charge on any atom is -0.466 e. The Balaban J connectivity index is 1.49. The molecule has 0 bridgehead atoms. The summed E-state index contributed by atoms with van der Waals surface area (Å²) in [5.74, 6) is 0.864. The van der Waals surface area contributed by atoms with Gasteiger partial charge in [0, 0.05) is 43.1 Å². The highest BCUT2D eigenvalue weighted by Gasteiger charge is 2.29. The first kappa shape index (κ1) is 27.2. The Labute approximate surface area is 229 Å². The van der Waals surface area contributed by atoms with Gasteiger partial charge in [-0.25, -0.2) is 13.8 Å². The molecule has 2 aliphatic rings. The maximum Gasteiger partial charge on any atom is 0.274 e. The Morgan fingerprint density at radius 2 is 1.69 bits per heavy atom. The fourth-order valence-electron chi connectivity index (χ4n) is 5.37. The van der Waals surface area contributed by atoms with Crippen LogP contribution in [0.2, 0.25) is 0 Å². The summed E-state index contributed by atoms with van der Waals surface area (Å²) in [6.45, 7) is 10.8. The molecular weight excluding hydrogens is 518 g/mol. The third-order valence-corrected chi connectivity index (χ3v) is 9.26. The van der Waals surface area contributed by atoms with Gasteiger partial charge in [0.1, 0.15) is 11.5 Å². The Morgan fingerprint density at radius 3 is 2.36 bits per heavy atom. The molecule has 5 rings (SSSR count). The molecule has 3 aromatic rings. The topological polar surface area (TPSA) is 109 Å². The second-order valence-corrected chi connectivity index (χ2v) is 12.0. The van der Waals surface area contributed by atoms with E-state index in [1.165, 1.54) is 4.31 Å². The van der Waals surface area contributed by atoms with Gasteiger partial charge in [-0.05, 0) is 70.9 Å². The van der Waals surface area contributed by atoms with Crippen molar-refractivity contribution in [3.8, 4) is 5.69 Å². The third-order valence-electron chi connectivity index (χ3n) is 7.37. The van der Waals surface area contributed by atoms with Gasteiger partial charge in [-0.2, -0.15) is 9.41 Å². The van der Waals surface area contributed by atoms with Crippen molar-refractivity contribution in [2.24, 2.45) is 5.10 Å². The number of amides is 1. The summed E-state index contributed by atoms with van der Waals surface area (Å²) in [6, 6.07) is 9.09. The van der Waals surface area contributed by atoms with E-state index in [1.54, 1.807) is 38.3 Å². The van der Waals surface area contributed by atoms with Crippen molar-refractivity contribution in [2.45, 2.75) is 45.4 Å². The van der Waals surface area contributed by atoms with Crippen LogP contribution in [0.4, 0.5) is 5.69 Å². The number of rotatable bonds is 7. The predicted molar refractivity (Wildman–Crippen MR) is 150 cm³/mol. The highest BCUT2D eigenvalue weighted by Crippen LogP contribution is 2.34. The van der Waals surface area contributed by atoms with E-state index in [9.17, 15) is 13.2 Å². The average Bonchev–Trinajstić information content (AvgIpc) is 3.64. The molecule has 1 amide bonds. The highest BCUT2D eigenvalue weighted by molar-refractivity contribution is 7.89. The molecule has 2 fully saturated rings. The van der Waals surface area contributed by atoms with Crippen molar-refractivity contribution in [3.05, 3.63) is 64.4 Å². The van der Waals surface area contributed by atoms with E-state index in [-0.39, 0.29) is 10.8 Å². The molecule has 39 heavy (non-hydrogen) atoms. The number of ether oxygens (including phenoxy) is 1. The van der Waals surface area contributed by atoms with Crippen LogP contribution in [0, 0.1) is 27.7 Å². The second-order valence-electron chi connectivity index (χ2n) is 10.0. The monoisotopic (exact) mass is 553 g/mol. The number of hydrogen-bond acceptors (Lipinski definition) is 7. The number of aryl methyl sites for hydroxylation is 3. The molecule has 1 N–H and O–H groups in total. The van der Waals surface area contributed by atoms with Gasteiger partial charge < -0.3 is 18.6 Å². The van der Waals surface area contributed by atoms with Crippen molar-refractivity contribution in [3.63, 3.8) is 0 Å². The summed E-state index contributed by atoms with van der Waals surface area (Å²) in [5, 5.41) is 4.19. The number of hydrazone groups is 1. The van der Waals surface area contributed by atoms with E-state index in [2.05, 4.69) is 20.0 Å². The minimum absolute atomic E-state index is 0.267. The van der Waals surface area contributed by atoms with E-state index in [1.807, 2.05) is 26.0 Å². The Kier molecular flexibility index (Phi) is 7.66. The molecule has 2 aromatic heterocycles. The fourth-order valence-corrected chi connectivity index (χ4v) is 6.80. The van der Waals surface area contributed by atoms with E-state index < -0.39 is 10.0 Å². The van der Waals surface area contributed by atoms with Crippen LogP contribution in [0.5, 0.6) is 0 Å². The number of carbonyl (C=O) groups excluding carboxylic acids is 1. The first-order chi connectivity index (χ1) is 18.7.